The molecule has 1 aliphatic carbocycles. The summed E-state index contributed by atoms with van der Waals surface area (Å²) >= 11 is 0. The number of fused-ring (bicyclic) bond motifs is 1. The molecule has 4 unspecified atom stereocenters. The van der Waals surface area contributed by atoms with Gasteiger partial charge in [-0.1, -0.05) is 0 Å². The second-order valence-corrected chi connectivity index (χ2v) is 7.27. The number of hydrogen-bond donors (Lipinski definition) is 2. The topological polar surface area (TPSA) is 55.8 Å². The predicted octanol–water partition coefficient (Wildman–Crippen LogP) is 0.998. The van der Waals surface area contributed by atoms with Crippen molar-refractivity contribution in [3.63, 3.8) is 0 Å². The van der Waals surface area contributed by atoms with Crippen LogP contribution in [0.25, 0.3) is 0 Å². The maximum Gasteiger partial charge on any atom is 0.323 e. The van der Waals surface area contributed by atoms with Gasteiger partial charge >= 0.3 is 5.97 Å². The van der Waals surface area contributed by atoms with E-state index in [0.29, 0.717) is 6.04 Å². The van der Waals surface area contributed by atoms with Gasteiger partial charge in [0.2, 0.25) is 0 Å². The molecule has 1 saturated carbocycles. The van der Waals surface area contributed by atoms with Gasteiger partial charge in [0.1, 0.15) is 5.54 Å². The van der Waals surface area contributed by atoms with Crippen molar-refractivity contribution in [3.8, 4) is 0 Å². The van der Waals surface area contributed by atoms with Gasteiger partial charge in [-0.2, -0.15) is 0 Å². The highest BCUT2D eigenvalue weighted by Crippen LogP contribution is 2.37. The molecular formula is C16H29N3O2. The minimum absolute atomic E-state index is 0.446. The number of piperidine rings is 2. The monoisotopic (exact) mass is 295 g/mol. The van der Waals surface area contributed by atoms with E-state index in [0.717, 1.165) is 37.8 Å². The van der Waals surface area contributed by atoms with Gasteiger partial charge < -0.3 is 15.3 Å². The van der Waals surface area contributed by atoms with E-state index in [1.165, 1.54) is 32.4 Å². The second-order valence-electron chi connectivity index (χ2n) is 7.27. The number of hydrogen-bond acceptors (Lipinski definition) is 4. The number of carboxylic acid groups (broad SMARTS) is 1. The standard InChI is InChI=1S/C16H29N3O2/c1-17-16(15(20)21)7-5-13(10-16)19-9-6-14-12(11-19)4-3-8-18(14)2/h12-14,17H,3-11H2,1-2H3,(H,20,21). The summed E-state index contributed by atoms with van der Waals surface area (Å²) in [4.78, 5) is 16.7. The molecule has 0 bridgehead atoms. The van der Waals surface area contributed by atoms with Gasteiger partial charge in [-0.25, -0.2) is 0 Å². The zero-order valence-electron chi connectivity index (χ0n) is 13.3. The van der Waals surface area contributed by atoms with E-state index < -0.39 is 11.5 Å². The fourth-order valence-electron chi connectivity index (χ4n) is 4.87. The molecule has 0 aromatic heterocycles. The number of carbonyl (C=O) groups is 1. The first kappa shape index (κ1) is 15.3. The van der Waals surface area contributed by atoms with Crippen molar-refractivity contribution in [3.05, 3.63) is 0 Å². The van der Waals surface area contributed by atoms with Crippen molar-refractivity contribution in [1.29, 1.82) is 0 Å². The largest absolute Gasteiger partial charge is 0.480 e. The molecule has 3 rings (SSSR count). The Morgan fingerprint density at radius 3 is 2.76 bits per heavy atom. The van der Waals surface area contributed by atoms with Gasteiger partial charge in [-0.3, -0.25) is 9.69 Å². The Hall–Kier alpha value is -0.650. The molecule has 21 heavy (non-hydrogen) atoms. The van der Waals surface area contributed by atoms with Crippen LogP contribution in [0.5, 0.6) is 0 Å². The van der Waals surface area contributed by atoms with Crippen LogP contribution in [0.4, 0.5) is 0 Å². The first-order chi connectivity index (χ1) is 10.1. The van der Waals surface area contributed by atoms with Crippen LogP contribution in [0, 0.1) is 5.92 Å². The molecule has 120 valence electrons. The SMILES string of the molecule is CNC1(C(=O)O)CCC(N2CCC3C(CCCN3C)C2)C1. The molecule has 0 aromatic carbocycles. The van der Waals surface area contributed by atoms with Gasteiger partial charge in [0.25, 0.3) is 0 Å². The van der Waals surface area contributed by atoms with Gasteiger partial charge in [-0.05, 0) is 71.6 Å². The van der Waals surface area contributed by atoms with Gasteiger partial charge in [0.15, 0.2) is 0 Å². The minimum Gasteiger partial charge on any atom is -0.480 e. The van der Waals surface area contributed by atoms with Crippen molar-refractivity contribution in [2.24, 2.45) is 5.92 Å². The summed E-state index contributed by atoms with van der Waals surface area (Å²) in [7, 11) is 4.05. The Labute approximate surface area is 127 Å². The predicted molar refractivity (Wildman–Crippen MR) is 82.4 cm³/mol. The van der Waals surface area contributed by atoms with Crippen molar-refractivity contribution >= 4 is 5.97 Å². The number of aliphatic carboxylic acids is 1. The van der Waals surface area contributed by atoms with E-state index in [1.807, 2.05) is 0 Å². The molecule has 0 aromatic rings. The molecule has 4 atom stereocenters. The number of nitrogens with zero attached hydrogens (tertiary/aromatic N) is 2. The maximum atomic E-state index is 11.6. The van der Waals surface area contributed by atoms with E-state index in [2.05, 4.69) is 22.2 Å². The third-order valence-electron chi connectivity index (χ3n) is 6.27. The average Bonchev–Trinajstić information content (AvgIpc) is 2.93. The summed E-state index contributed by atoms with van der Waals surface area (Å²) < 4.78 is 0. The van der Waals surface area contributed by atoms with Crippen LogP contribution < -0.4 is 5.32 Å². The van der Waals surface area contributed by atoms with E-state index in [4.69, 9.17) is 0 Å². The quantitative estimate of drug-likeness (QED) is 0.813. The van der Waals surface area contributed by atoms with Crippen LogP contribution in [0.15, 0.2) is 0 Å². The Morgan fingerprint density at radius 2 is 2.10 bits per heavy atom. The average molecular weight is 295 g/mol. The van der Waals surface area contributed by atoms with Gasteiger partial charge in [0.05, 0.1) is 0 Å². The highest BCUT2D eigenvalue weighted by Gasteiger charge is 2.47. The van der Waals surface area contributed by atoms with Crippen LogP contribution in [-0.4, -0.2) is 72.2 Å². The molecule has 0 radical (unpaired) electrons. The molecule has 2 heterocycles. The van der Waals surface area contributed by atoms with Crippen LogP contribution >= 0.6 is 0 Å². The first-order valence-corrected chi connectivity index (χ1v) is 8.42. The fourth-order valence-corrected chi connectivity index (χ4v) is 4.87. The van der Waals surface area contributed by atoms with E-state index in [1.54, 1.807) is 7.05 Å². The second kappa shape index (κ2) is 5.86. The number of carboxylic acids is 1. The van der Waals surface area contributed by atoms with Crippen LogP contribution in [0.1, 0.15) is 38.5 Å². The molecule has 0 amide bonds. The van der Waals surface area contributed by atoms with Crippen molar-refractivity contribution in [1.82, 2.24) is 15.1 Å². The van der Waals surface area contributed by atoms with E-state index in [9.17, 15) is 9.90 Å². The van der Waals surface area contributed by atoms with Crippen molar-refractivity contribution in [2.45, 2.75) is 56.1 Å². The van der Waals surface area contributed by atoms with Gasteiger partial charge in [-0.15, -0.1) is 0 Å². The highest BCUT2D eigenvalue weighted by atomic mass is 16.4. The van der Waals surface area contributed by atoms with E-state index >= 15 is 0 Å². The molecule has 2 N–H and O–H groups in total. The van der Waals surface area contributed by atoms with E-state index in [-0.39, 0.29) is 0 Å². The summed E-state index contributed by atoms with van der Waals surface area (Å²) in [5, 5.41) is 12.6. The van der Waals surface area contributed by atoms with Crippen molar-refractivity contribution in [2.75, 3.05) is 33.7 Å². The molecule has 0 spiro atoms. The molecule has 2 aliphatic heterocycles. The lowest BCUT2D eigenvalue weighted by molar-refractivity contribution is -0.144. The fraction of sp³-hybridized carbons (Fsp3) is 0.938. The summed E-state index contributed by atoms with van der Waals surface area (Å²) in [6.07, 6.45) is 6.43. The molecule has 3 aliphatic rings. The number of rotatable bonds is 3. The summed E-state index contributed by atoms with van der Waals surface area (Å²) in [6, 6.07) is 1.20. The van der Waals surface area contributed by atoms with Crippen LogP contribution in [-0.2, 0) is 4.79 Å². The normalized spacial score (nSPS) is 41.9. The molecule has 3 fully saturated rings. The van der Waals surface area contributed by atoms with Crippen LogP contribution in [0.2, 0.25) is 0 Å². The summed E-state index contributed by atoms with van der Waals surface area (Å²) in [5.41, 5.74) is -0.690. The maximum absolute atomic E-state index is 11.6. The Balaban J connectivity index is 1.63. The van der Waals surface area contributed by atoms with Crippen molar-refractivity contribution < 1.29 is 9.90 Å². The third kappa shape index (κ3) is 2.71. The first-order valence-electron chi connectivity index (χ1n) is 8.42. The lowest BCUT2D eigenvalue weighted by Crippen LogP contribution is -2.55. The summed E-state index contributed by atoms with van der Waals surface area (Å²) in [5.74, 6) is 0.103. The number of likely N-dealkylation sites (N-methyl/N-ethyl adjacent to an activating group) is 1. The minimum atomic E-state index is -0.690. The number of likely N-dealkylation sites (tertiary alicyclic amines) is 2. The molecular weight excluding hydrogens is 266 g/mol. The van der Waals surface area contributed by atoms with Gasteiger partial charge in [0, 0.05) is 18.6 Å². The smallest absolute Gasteiger partial charge is 0.323 e. The lowest BCUT2D eigenvalue weighted by Gasteiger charge is -2.47. The lowest BCUT2D eigenvalue weighted by atomic mass is 9.83. The molecule has 2 saturated heterocycles. The zero-order valence-corrected chi connectivity index (χ0v) is 13.3. The molecule has 5 heteroatoms. The molecule has 5 nitrogen and oxygen atoms in total. The zero-order chi connectivity index (χ0) is 15.0. The summed E-state index contributed by atoms with van der Waals surface area (Å²) in [6.45, 7) is 3.54. The number of nitrogens with one attached hydrogen (secondary N) is 1. The Kier molecular flexibility index (Phi) is 4.26. The Bertz CT molecular complexity index is 403. The Morgan fingerprint density at radius 1 is 1.29 bits per heavy atom. The highest BCUT2D eigenvalue weighted by molar-refractivity contribution is 5.79. The van der Waals surface area contributed by atoms with Crippen LogP contribution in [0.3, 0.4) is 0 Å². The third-order valence-corrected chi connectivity index (χ3v) is 6.27.